The van der Waals surface area contributed by atoms with E-state index >= 15 is 0 Å². The van der Waals surface area contributed by atoms with Crippen molar-refractivity contribution in [1.29, 1.82) is 0 Å². The average Bonchev–Trinajstić information content (AvgIpc) is 2.68. The third-order valence-electron chi connectivity index (χ3n) is 5.32. The van der Waals surface area contributed by atoms with Crippen LogP contribution in [0.5, 0.6) is 0 Å². The second kappa shape index (κ2) is 10.3. The highest BCUT2D eigenvalue weighted by Gasteiger charge is 2.30. The number of carbonyl (C=O) groups excluding carboxylic acids is 2. The van der Waals surface area contributed by atoms with E-state index in [1.165, 1.54) is 11.1 Å². The number of para-hydroxylation sites is 1. The molecule has 0 radical (unpaired) electrons. The molecule has 0 saturated heterocycles. The molecule has 1 aliphatic rings. The standard InChI is InChI=1S/C21H32N2O3/c1-4-15-7-6-8-16(5-2)19(15)23-21(25)18-11-9-17(10-12-18)20(24)22-13-14-26-3/h6-8,17-18H,4-5,9-14H2,1-3H3,(H,22,24)(H,23,25). The Morgan fingerprint density at radius 2 is 1.54 bits per heavy atom. The van der Waals surface area contributed by atoms with Crippen LogP contribution >= 0.6 is 0 Å². The largest absolute Gasteiger partial charge is 0.383 e. The second-order valence-corrected chi connectivity index (χ2v) is 6.98. The Kier molecular flexibility index (Phi) is 8.10. The maximum Gasteiger partial charge on any atom is 0.227 e. The van der Waals surface area contributed by atoms with Crippen LogP contribution in [0.15, 0.2) is 18.2 Å². The van der Waals surface area contributed by atoms with Crippen molar-refractivity contribution in [1.82, 2.24) is 5.32 Å². The smallest absolute Gasteiger partial charge is 0.227 e. The van der Waals surface area contributed by atoms with Crippen molar-refractivity contribution in [3.05, 3.63) is 29.3 Å². The summed E-state index contributed by atoms with van der Waals surface area (Å²) in [7, 11) is 1.62. The molecule has 1 aromatic carbocycles. The predicted octanol–water partition coefficient (Wildman–Crippen LogP) is 3.32. The van der Waals surface area contributed by atoms with Crippen LogP contribution in [-0.4, -0.2) is 32.1 Å². The summed E-state index contributed by atoms with van der Waals surface area (Å²) < 4.78 is 4.95. The first kappa shape index (κ1) is 20.4. The van der Waals surface area contributed by atoms with Crippen LogP contribution in [0, 0.1) is 11.8 Å². The van der Waals surface area contributed by atoms with Gasteiger partial charge in [-0.2, -0.15) is 0 Å². The van der Waals surface area contributed by atoms with Gasteiger partial charge in [0.15, 0.2) is 0 Å². The van der Waals surface area contributed by atoms with E-state index < -0.39 is 0 Å². The minimum atomic E-state index is -0.00681. The maximum absolute atomic E-state index is 12.8. The van der Waals surface area contributed by atoms with Crippen LogP contribution in [0.3, 0.4) is 0 Å². The Balaban J connectivity index is 1.90. The van der Waals surface area contributed by atoms with Crippen molar-refractivity contribution >= 4 is 17.5 Å². The molecule has 0 aromatic heterocycles. The second-order valence-electron chi connectivity index (χ2n) is 6.98. The number of nitrogens with one attached hydrogen (secondary N) is 2. The Hall–Kier alpha value is -1.88. The SMILES string of the molecule is CCc1cccc(CC)c1NC(=O)C1CCC(C(=O)NCCOC)CC1. The Morgan fingerprint density at radius 1 is 1.00 bits per heavy atom. The predicted molar refractivity (Wildman–Crippen MR) is 104 cm³/mol. The first-order valence-electron chi connectivity index (χ1n) is 9.78. The van der Waals surface area contributed by atoms with Crippen LogP contribution in [0.25, 0.3) is 0 Å². The first-order chi connectivity index (χ1) is 12.6. The molecule has 5 heteroatoms. The van der Waals surface area contributed by atoms with Gasteiger partial charge in [0, 0.05) is 31.2 Å². The zero-order valence-corrected chi connectivity index (χ0v) is 16.3. The highest BCUT2D eigenvalue weighted by atomic mass is 16.5. The molecule has 0 atom stereocenters. The van der Waals surface area contributed by atoms with Crippen LogP contribution in [0.2, 0.25) is 0 Å². The molecule has 1 aliphatic carbocycles. The molecule has 0 aliphatic heterocycles. The summed E-state index contributed by atoms with van der Waals surface area (Å²) in [4.78, 5) is 24.9. The van der Waals surface area contributed by atoms with Crippen molar-refractivity contribution in [2.45, 2.75) is 52.4 Å². The van der Waals surface area contributed by atoms with E-state index in [1.807, 2.05) is 0 Å². The zero-order valence-electron chi connectivity index (χ0n) is 16.3. The Bertz CT molecular complexity index is 585. The number of ether oxygens (including phenoxy) is 1. The molecule has 0 spiro atoms. The van der Waals surface area contributed by atoms with Gasteiger partial charge in [-0.3, -0.25) is 9.59 Å². The summed E-state index contributed by atoms with van der Waals surface area (Å²) in [5, 5.41) is 6.08. The molecule has 2 rings (SSSR count). The van der Waals surface area contributed by atoms with Gasteiger partial charge in [-0.05, 0) is 49.7 Å². The molecule has 0 unspecified atom stereocenters. The van der Waals surface area contributed by atoms with Crippen LogP contribution in [0.4, 0.5) is 5.69 Å². The quantitative estimate of drug-likeness (QED) is 0.699. The molecule has 144 valence electrons. The lowest BCUT2D eigenvalue weighted by molar-refractivity contribution is -0.128. The topological polar surface area (TPSA) is 67.4 Å². The summed E-state index contributed by atoms with van der Waals surface area (Å²) in [5.74, 6) is 0.196. The van der Waals surface area contributed by atoms with Crippen molar-refractivity contribution < 1.29 is 14.3 Å². The van der Waals surface area contributed by atoms with Gasteiger partial charge < -0.3 is 15.4 Å². The highest BCUT2D eigenvalue weighted by molar-refractivity contribution is 5.94. The van der Waals surface area contributed by atoms with Crippen LogP contribution < -0.4 is 10.6 Å². The van der Waals surface area contributed by atoms with E-state index in [1.54, 1.807) is 7.11 Å². The number of benzene rings is 1. The van der Waals surface area contributed by atoms with Gasteiger partial charge in [-0.15, -0.1) is 0 Å². The van der Waals surface area contributed by atoms with E-state index in [2.05, 4.69) is 42.7 Å². The van der Waals surface area contributed by atoms with Gasteiger partial charge in [0.05, 0.1) is 6.61 Å². The number of methoxy groups -OCH3 is 1. The number of rotatable bonds is 8. The van der Waals surface area contributed by atoms with Crippen molar-refractivity contribution in [3.8, 4) is 0 Å². The highest BCUT2D eigenvalue weighted by Crippen LogP contribution is 2.31. The monoisotopic (exact) mass is 360 g/mol. The first-order valence-corrected chi connectivity index (χ1v) is 9.78. The normalized spacial score (nSPS) is 19.8. The van der Waals surface area contributed by atoms with Crippen molar-refractivity contribution in [2.24, 2.45) is 11.8 Å². The van der Waals surface area contributed by atoms with Gasteiger partial charge >= 0.3 is 0 Å². The van der Waals surface area contributed by atoms with E-state index in [-0.39, 0.29) is 23.7 Å². The maximum atomic E-state index is 12.8. The molecule has 0 heterocycles. The van der Waals surface area contributed by atoms with E-state index in [0.29, 0.717) is 13.2 Å². The number of amides is 2. The van der Waals surface area contributed by atoms with Crippen molar-refractivity contribution in [2.75, 3.05) is 25.6 Å². The molecule has 1 fully saturated rings. The molecule has 1 saturated carbocycles. The summed E-state index contributed by atoms with van der Waals surface area (Å²) in [6, 6.07) is 6.22. The number of anilines is 1. The Morgan fingerprint density at radius 3 is 2.04 bits per heavy atom. The van der Waals surface area contributed by atoms with Gasteiger partial charge in [-0.1, -0.05) is 32.0 Å². The molecule has 1 aromatic rings. The van der Waals surface area contributed by atoms with E-state index in [0.717, 1.165) is 44.2 Å². The van der Waals surface area contributed by atoms with Gasteiger partial charge in [0.2, 0.25) is 11.8 Å². The third kappa shape index (κ3) is 5.31. The fraction of sp³-hybridized carbons (Fsp3) is 0.619. The molecular formula is C21H32N2O3. The number of aryl methyl sites for hydroxylation is 2. The number of hydrogen-bond donors (Lipinski definition) is 2. The zero-order chi connectivity index (χ0) is 18.9. The molecular weight excluding hydrogens is 328 g/mol. The van der Waals surface area contributed by atoms with Gasteiger partial charge in [0.25, 0.3) is 0 Å². The van der Waals surface area contributed by atoms with Gasteiger partial charge in [0.1, 0.15) is 0 Å². The summed E-state index contributed by atoms with van der Waals surface area (Å²) >= 11 is 0. The lowest BCUT2D eigenvalue weighted by Crippen LogP contribution is -2.36. The Labute approximate surface area is 156 Å². The molecule has 5 nitrogen and oxygen atoms in total. The van der Waals surface area contributed by atoms with E-state index in [9.17, 15) is 9.59 Å². The van der Waals surface area contributed by atoms with Gasteiger partial charge in [-0.25, -0.2) is 0 Å². The molecule has 2 amide bonds. The fourth-order valence-electron chi connectivity index (χ4n) is 3.67. The number of hydrogen-bond acceptors (Lipinski definition) is 3. The fourth-order valence-corrected chi connectivity index (χ4v) is 3.67. The summed E-state index contributed by atoms with van der Waals surface area (Å²) in [6.07, 6.45) is 4.88. The van der Waals surface area contributed by atoms with Crippen LogP contribution in [0.1, 0.15) is 50.7 Å². The lowest BCUT2D eigenvalue weighted by Gasteiger charge is -2.27. The van der Waals surface area contributed by atoms with E-state index in [4.69, 9.17) is 4.74 Å². The van der Waals surface area contributed by atoms with Crippen molar-refractivity contribution in [3.63, 3.8) is 0 Å². The summed E-state index contributed by atoms with van der Waals surface area (Å²) in [6.45, 7) is 5.29. The molecule has 0 bridgehead atoms. The van der Waals surface area contributed by atoms with Crippen LogP contribution in [-0.2, 0) is 27.2 Å². The molecule has 2 N–H and O–H groups in total. The summed E-state index contributed by atoms with van der Waals surface area (Å²) in [5.41, 5.74) is 3.36. The molecule has 26 heavy (non-hydrogen) atoms. The average molecular weight is 360 g/mol. The lowest BCUT2D eigenvalue weighted by atomic mass is 9.81. The number of carbonyl (C=O) groups is 2. The third-order valence-corrected chi connectivity index (χ3v) is 5.32. The minimum Gasteiger partial charge on any atom is -0.383 e. The minimum absolute atomic E-state index is 0.00681.